The average Bonchev–Trinajstić information content (AvgIpc) is 3.28. The van der Waals surface area contributed by atoms with Gasteiger partial charge >= 0.3 is 0 Å². The number of nitrogens with one attached hydrogen (secondary N) is 2. The number of rotatable bonds is 9. The van der Waals surface area contributed by atoms with Gasteiger partial charge in [0.2, 0.25) is 0 Å². The highest BCUT2D eigenvalue weighted by Gasteiger charge is 2.20. The van der Waals surface area contributed by atoms with Gasteiger partial charge in [0.15, 0.2) is 0 Å². The molecule has 1 fully saturated rings. The van der Waals surface area contributed by atoms with Crippen molar-refractivity contribution in [2.75, 3.05) is 30.5 Å². The summed E-state index contributed by atoms with van der Waals surface area (Å²) in [5.41, 5.74) is 3.59. The van der Waals surface area contributed by atoms with Gasteiger partial charge in [0.25, 0.3) is 0 Å². The zero-order chi connectivity index (χ0) is 15.2. The smallest absolute Gasteiger partial charge is 0.148 e. The monoisotopic (exact) mass is 293 g/mol. The number of ether oxygens (including phenoxy) is 1. The molecule has 0 atom stereocenters. The summed E-state index contributed by atoms with van der Waals surface area (Å²) in [6.45, 7) is 8.66. The lowest BCUT2D eigenvalue weighted by Gasteiger charge is -2.15. The Kier molecular flexibility index (Phi) is 5.76. The molecular weight excluding hydrogens is 266 g/mol. The highest BCUT2D eigenvalue weighted by Crippen LogP contribution is 2.28. The van der Waals surface area contributed by atoms with Gasteiger partial charge in [0, 0.05) is 31.2 Å². The van der Waals surface area contributed by atoms with E-state index < -0.39 is 0 Å². The third-order valence-corrected chi connectivity index (χ3v) is 3.62. The normalized spacial score (nSPS) is 14.5. The molecule has 118 valence electrons. The molecule has 1 aliphatic carbocycles. The van der Waals surface area contributed by atoms with Crippen molar-refractivity contribution in [1.82, 2.24) is 9.97 Å². The van der Waals surface area contributed by atoms with E-state index in [9.17, 15) is 0 Å². The van der Waals surface area contributed by atoms with Crippen LogP contribution in [0.3, 0.4) is 0 Å². The molecule has 0 amide bonds. The van der Waals surface area contributed by atoms with Crippen LogP contribution >= 0.6 is 0 Å². The Morgan fingerprint density at radius 1 is 1.29 bits per heavy atom. The summed E-state index contributed by atoms with van der Waals surface area (Å²) in [4.78, 5) is 9.00. The fourth-order valence-corrected chi connectivity index (χ4v) is 2.02. The SMILES string of the molecule is Cc1c(NN)nc(C(C)C)nc1NCCCOCC1CC1. The van der Waals surface area contributed by atoms with E-state index in [1.54, 1.807) is 0 Å². The molecule has 0 unspecified atom stereocenters. The van der Waals surface area contributed by atoms with Gasteiger partial charge < -0.3 is 15.5 Å². The second kappa shape index (κ2) is 7.56. The van der Waals surface area contributed by atoms with Crippen molar-refractivity contribution in [3.8, 4) is 0 Å². The number of nitrogen functional groups attached to an aromatic ring is 1. The third kappa shape index (κ3) is 4.82. The van der Waals surface area contributed by atoms with Crippen molar-refractivity contribution in [3.05, 3.63) is 11.4 Å². The van der Waals surface area contributed by atoms with Crippen LogP contribution in [0.5, 0.6) is 0 Å². The Labute approximate surface area is 126 Å². The van der Waals surface area contributed by atoms with Crippen molar-refractivity contribution in [3.63, 3.8) is 0 Å². The standard InChI is InChI=1S/C15H27N5O/c1-10(2)13-18-14(11(3)15(19-13)20-16)17-7-4-8-21-9-12-5-6-12/h10,12H,4-9,16H2,1-3H3,(H2,17,18,19,20). The zero-order valence-electron chi connectivity index (χ0n) is 13.3. The van der Waals surface area contributed by atoms with E-state index in [0.717, 1.165) is 49.3 Å². The Hall–Kier alpha value is -1.40. The Balaban J connectivity index is 1.83. The fraction of sp³-hybridized carbons (Fsp3) is 0.733. The molecule has 2 rings (SSSR count). The molecule has 6 nitrogen and oxygen atoms in total. The van der Waals surface area contributed by atoms with Crippen molar-refractivity contribution in [2.45, 2.75) is 46.0 Å². The summed E-state index contributed by atoms with van der Waals surface area (Å²) < 4.78 is 5.63. The van der Waals surface area contributed by atoms with Crippen LogP contribution in [0.25, 0.3) is 0 Å². The van der Waals surface area contributed by atoms with Crippen LogP contribution in [0.4, 0.5) is 11.6 Å². The summed E-state index contributed by atoms with van der Waals surface area (Å²) in [6.07, 6.45) is 3.65. The Bertz CT molecular complexity index is 460. The first-order valence-corrected chi connectivity index (χ1v) is 7.78. The molecule has 0 saturated heterocycles. The second-order valence-electron chi connectivity index (χ2n) is 6.00. The lowest BCUT2D eigenvalue weighted by Crippen LogP contribution is -2.16. The number of hydrogen-bond donors (Lipinski definition) is 3. The zero-order valence-corrected chi connectivity index (χ0v) is 13.3. The van der Waals surface area contributed by atoms with E-state index in [2.05, 4.69) is 34.6 Å². The van der Waals surface area contributed by atoms with Crippen molar-refractivity contribution in [1.29, 1.82) is 0 Å². The van der Waals surface area contributed by atoms with Gasteiger partial charge in [-0.15, -0.1) is 0 Å². The number of nitrogens with zero attached hydrogens (tertiary/aromatic N) is 2. The average molecular weight is 293 g/mol. The first kappa shape index (κ1) is 16.0. The molecule has 0 spiro atoms. The van der Waals surface area contributed by atoms with E-state index in [-0.39, 0.29) is 5.92 Å². The Morgan fingerprint density at radius 2 is 2.00 bits per heavy atom. The minimum atomic E-state index is 0.264. The molecule has 6 heteroatoms. The van der Waals surface area contributed by atoms with E-state index in [0.29, 0.717) is 5.82 Å². The maximum atomic E-state index is 5.63. The molecule has 1 aromatic heterocycles. The largest absolute Gasteiger partial charge is 0.381 e. The highest BCUT2D eigenvalue weighted by molar-refractivity contribution is 5.56. The van der Waals surface area contributed by atoms with Gasteiger partial charge in [0.05, 0.1) is 0 Å². The van der Waals surface area contributed by atoms with Crippen LogP contribution in [0.15, 0.2) is 0 Å². The van der Waals surface area contributed by atoms with Crippen LogP contribution in [-0.2, 0) is 4.74 Å². The van der Waals surface area contributed by atoms with Crippen molar-refractivity contribution < 1.29 is 4.74 Å². The fourth-order valence-electron chi connectivity index (χ4n) is 2.02. The van der Waals surface area contributed by atoms with E-state index in [4.69, 9.17) is 10.6 Å². The molecule has 0 aromatic carbocycles. The minimum Gasteiger partial charge on any atom is -0.381 e. The minimum absolute atomic E-state index is 0.264. The first-order chi connectivity index (χ1) is 10.1. The van der Waals surface area contributed by atoms with Gasteiger partial charge in [-0.2, -0.15) is 0 Å². The van der Waals surface area contributed by atoms with Gasteiger partial charge in [-0.1, -0.05) is 13.8 Å². The van der Waals surface area contributed by atoms with Crippen LogP contribution in [0.1, 0.15) is 50.4 Å². The van der Waals surface area contributed by atoms with Crippen molar-refractivity contribution in [2.24, 2.45) is 11.8 Å². The molecule has 1 heterocycles. The summed E-state index contributed by atoms with van der Waals surface area (Å²) in [7, 11) is 0. The summed E-state index contributed by atoms with van der Waals surface area (Å²) in [5.74, 6) is 8.95. The Morgan fingerprint density at radius 3 is 2.62 bits per heavy atom. The van der Waals surface area contributed by atoms with Gasteiger partial charge in [-0.3, -0.25) is 0 Å². The maximum Gasteiger partial charge on any atom is 0.148 e. The summed E-state index contributed by atoms with van der Waals surface area (Å²) >= 11 is 0. The first-order valence-electron chi connectivity index (χ1n) is 7.78. The number of hydrazine groups is 1. The number of hydrogen-bond acceptors (Lipinski definition) is 6. The molecule has 0 bridgehead atoms. The van der Waals surface area contributed by atoms with E-state index in [1.807, 2.05) is 6.92 Å². The molecule has 21 heavy (non-hydrogen) atoms. The van der Waals surface area contributed by atoms with E-state index in [1.165, 1.54) is 12.8 Å². The predicted molar refractivity (Wildman–Crippen MR) is 85.3 cm³/mol. The predicted octanol–water partition coefficient (Wildman–Crippen LogP) is 2.42. The number of nitrogens with two attached hydrogens (primary N) is 1. The van der Waals surface area contributed by atoms with Gasteiger partial charge in [0.1, 0.15) is 17.5 Å². The molecular formula is C15H27N5O. The number of aromatic nitrogens is 2. The maximum absolute atomic E-state index is 5.63. The molecule has 1 aromatic rings. The van der Waals surface area contributed by atoms with E-state index >= 15 is 0 Å². The summed E-state index contributed by atoms with van der Waals surface area (Å²) in [5, 5.41) is 3.36. The van der Waals surface area contributed by atoms with Gasteiger partial charge in [-0.05, 0) is 32.1 Å². The lowest BCUT2D eigenvalue weighted by molar-refractivity contribution is 0.124. The molecule has 0 aliphatic heterocycles. The van der Waals surface area contributed by atoms with Crippen LogP contribution in [0.2, 0.25) is 0 Å². The molecule has 1 aliphatic rings. The summed E-state index contributed by atoms with van der Waals surface area (Å²) in [6, 6.07) is 0. The molecule has 0 radical (unpaired) electrons. The van der Waals surface area contributed by atoms with Crippen molar-refractivity contribution >= 4 is 11.6 Å². The lowest BCUT2D eigenvalue weighted by atomic mass is 10.2. The topological polar surface area (TPSA) is 85.1 Å². The van der Waals surface area contributed by atoms with Crippen LogP contribution in [0, 0.1) is 12.8 Å². The van der Waals surface area contributed by atoms with Crippen LogP contribution in [-0.4, -0.2) is 29.7 Å². The second-order valence-corrected chi connectivity index (χ2v) is 6.00. The highest BCUT2D eigenvalue weighted by atomic mass is 16.5. The van der Waals surface area contributed by atoms with Gasteiger partial charge in [-0.25, -0.2) is 15.8 Å². The molecule has 1 saturated carbocycles. The third-order valence-electron chi connectivity index (χ3n) is 3.62. The molecule has 4 N–H and O–H groups in total. The van der Waals surface area contributed by atoms with Crippen LogP contribution < -0.4 is 16.6 Å². The number of anilines is 2. The quantitative estimate of drug-likeness (QED) is 0.368.